The van der Waals surface area contributed by atoms with Gasteiger partial charge in [-0.3, -0.25) is 14.4 Å². The highest BCUT2D eigenvalue weighted by molar-refractivity contribution is 5.98. The Morgan fingerprint density at radius 1 is 0.846 bits per heavy atom. The number of aliphatic carboxylic acids is 1. The predicted octanol–water partition coefficient (Wildman–Crippen LogP) is 3.75. The van der Waals surface area contributed by atoms with Gasteiger partial charge in [0.15, 0.2) is 11.5 Å². The van der Waals surface area contributed by atoms with Crippen LogP contribution in [0, 0.1) is 0 Å². The lowest BCUT2D eigenvalue weighted by molar-refractivity contribution is -0.137. The van der Waals surface area contributed by atoms with E-state index in [-0.39, 0.29) is 19.4 Å². The number of ether oxygens (including phenoxy) is 4. The second kappa shape index (κ2) is 13.2. The van der Waals surface area contributed by atoms with Crippen LogP contribution in [0.1, 0.15) is 28.8 Å². The Morgan fingerprint density at radius 2 is 1.49 bits per heavy atom. The van der Waals surface area contributed by atoms with Gasteiger partial charge in [0.2, 0.25) is 11.7 Å². The monoisotopic (exact) mass is 536 g/mol. The molecule has 0 heterocycles. The average Bonchev–Trinajstić information content (AvgIpc) is 2.95. The first-order chi connectivity index (χ1) is 18.7. The topological polar surface area (TPSA) is 138 Å². The van der Waals surface area contributed by atoms with Gasteiger partial charge in [-0.1, -0.05) is 24.3 Å². The van der Waals surface area contributed by atoms with Crippen LogP contribution in [0.5, 0.6) is 23.0 Å². The third-order valence-electron chi connectivity index (χ3n) is 6.21. The number of carbonyl (C=O) groups is 3. The molecule has 0 spiro atoms. The number of nitrogens with zero attached hydrogens (tertiary/aromatic N) is 1. The van der Waals surface area contributed by atoms with Crippen LogP contribution in [0.2, 0.25) is 0 Å². The third kappa shape index (κ3) is 6.98. The number of amides is 2. The zero-order valence-corrected chi connectivity index (χ0v) is 22.3. The molecule has 0 unspecified atom stereocenters. The minimum atomic E-state index is -1.18. The molecular formula is C29H32N2O8. The van der Waals surface area contributed by atoms with Crippen LogP contribution in [-0.2, 0) is 16.1 Å². The van der Waals surface area contributed by atoms with Crippen molar-refractivity contribution in [3.63, 3.8) is 0 Å². The Balaban J connectivity index is 2.01. The quantitative estimate of drug-likeness (QED) is 0.337. The lowest BCUT2D eigenvalue weighted by atomic mass is 10.0. The summed E-state index contributed by atoms with van der Waals surface area (Å²) in [5.74, 6) is -0.616. The Labute approximate surface area is 226 Å². The van der Waals surface area contributed by atoms with Gasteiger partial charge in [-0.05, 0) is 59.5 Å². The Morgan fingerprint density at radius 3 is 2.00 bits per heavy atom. The summed E-state index contributed by atoms with van der Waals surface area (Å²) in [5, 5.41) is 9.23. The Hall–Kier alpha value is -4.73. The summed E-state index contributed by atoms with van der Waals surface area (Å²) >= 11 is 0. The molecule has 2 amide bonds. The van der Waals surface area contributed by atoms with Gasteiger partial charge in [0, 0.05) is 18.5 Å². The molecule has 3 aromatic rings. The van der Waals surface area contributed by atoms with Crippen molar-refractivity contribution < 1.29 is 38.4 Å². The van der Waals surface area contributed by atoms with E-state index in [0.29, 0.717) is 34.1 Å². The van der Waals surface area contributed by atoms with Crippen molar-refractivity contribution in [2.24, 2.45) is 5.73 Å². The van der Waals surface area contributed by atoms with E-state index in [4.69, 9.17) is 24.7 Å². The zero-order chi connectivity index (χ0) is 28.5. The van der Waals surface area contributed by atoms with Crippen molar-refractivity contribution in [3.05, 3.63) is 71.8 Å². The number of hydrogen-bond donors (Lipinski definition) is 2. The van der Waals surface area contributed by atoms with Crippen LogP contribution in [0.3, 0.4) is 0 Å². The van der Waals surface area contributed by atoms with Crippen molar-refractivity contribution in [1.82, 2.24) is 4.90 Å². The summed E-state index contributed by atoms with van der Waals surface area (Å²) in [7, 11) is 5.99. The molecular weight excluding hydrogens is 504 g/mol. The fourth-order valence-electron chi connectivity index (χ4n) is 4.23. The average molecular weight is 537 g/mol. The standard InChI is InChI=1S/C29H32N2O8/c1-36-22-7-5-6-21(16-22)19-8-10-20(11-9-19)29(35)31(23(28(30)34)12-13-26(32)33)17-18-14-24(37-2)27(39-4)25(15-18)38-3/h5-11,14-16,23H,12-13,17H2,1-4H3,(H2,30,34)(H,32,33)/t23-/m0/s1. The molecule has 0 fully saturated rings. The molecule has 0 saturated heterocycles. The van der Waals surface area contributed by atoms with Gasteiger partial charge in [-0.15, -0.1) is 0 Å². The minimum absolute atomic E-state index is 0.0690. The number of benzene rings is 3. The van der Waals surface area contributed by atoms with Crippen LogP contribution < -0.4 is 24.7 Å². The Bertz CT molecular complexity index is 1300. The SMILES string of the molecule is COc1cccc(-c2ccc(C(=O)N(Cc3cc(OC)c(OC)c(OC)c3)[C@@H](CCC(=O)O)C(N)=O)cc2)c1. The van der Waals surface area contributed by atoms with Crippen LogP contribution in [-0.4, -0.2) is 62.3 Å². The van der Waals surface area contributed by atoms with E-state index >= 15 is 0 Å². The lowest BCUT2D eigenvalue weighted by Gasteiger charge is -2.30. The first-order valence-electron chi connectivity index (χ1n) is 12.1. The molecule has 10 heteroatoms. The molecule has 3 rings (SSSR count). The second-order valence-electron chi connectivity index (χ2n) is 8.63. The maximum absolute atomic E-state index is 13.8. The van der Waals surface area contributed by atoms with Gasteiger partial charge in [0.1, 0.15) is 11.8 Å². The van der Waals surface area contributed by atoms with E-state index in [1.54, 1.807) is 43.5 Å². The van der Waals surface area contributed by atoms with E-state index < -0.39 is 23.8 Å². The molecule has 0 radical (unpaired) electrons. The van der Waals surface area contributed by atoms with Gasteiger partial charge in [-0.25, -0.2) is 0 Å². The molecule has 206 valence electrons. The number of nitrogens with two attached hydrogens (primary N) is 1. The smallest absolute Gasteiger partial charge is 0.303 e. The zero-order valence-electron chi connectivity index (χ0n) is 22.3. The summed E-state index contributed by atoms with van der Waals surface area (Å²) in [6.45, 7) is -0.0690. The van der Waals surface area contributed by atoms with Gasteiger partial charge >= 0.3 is 5.97 Å². The molecule has 0 bridgehead atoms. The highest BCUT2D eigenvalue weighted by atomic mass is 16.5. The van der Waals surface area contributed by atoms with Crippen LogP contribution in [0.4, 0.5) is 0 Å². The van der Waals surface area contributed by atoms with Crippen molar-refractivity contribution in [3.8, 4) is 34.1 Å². The summed E-state index contributed by atoms with van der Waals surface area (Å²) in [4.78, 5) is 38.8. The number of primary amides is 1. The van der Waals surface area contributed by atoms with E-state index in [9.17, 15) is 19.5 Å². The van der Waals surface area contributed by atoms with Gasteiger partial charge < -0.3 is 34.7 Å². The van der Waals surface area contributed by atoms with E-state index in [1.807, 2.05) is 24.3 Å². The van der Waals surface area contributed by atoms with Gasteiger partial charge in [0.25, 0.3) is 5.91 Å². The van der Waals surface area contributed by atoms with Crippen LogP contribution >= 0.6 is 0 Å². The molecule has 3 aromatic carbocycles. The number of hydrogen-bond acceptors (Lipinski definition) is 7. The lowest BCUT2D eigenvalue weighted by Crippen LogP contribution is -2.47. The Kier molecular flexibility index (Phi) is 9.75. The molecule has 3 N–H and O–H groups in total. The predicted molar refractivity (Wildman–Crippen MR) is 144 cm³/mol. The molecule has 1 atom stereocenters. The van der Waals surface area contributed by atoms with E-state index in [2.05, 4.69) is 0 Å². The number of carbonyl (C=O) groups excluding carboxylic acids is 2. The van der Waals surface area contributed by atoms with E-state index in [1.165, 1.54) is 26.2 Å². The summed E-state index contributed by atoms with van der Waals surface area (Å²) in [6.07, 6.45) is -0.496. The molecule has 0 aliphatic carbocycles. The maximum Gasteiger partial charge on any atom is 0.303 e. The van der Waals surface area contributed by atoms with Gasteiger partial charge in [-0.2, -0.15) is 0 Å². The van der Waals surface area contributed by atoms with E-state index in [0.717, 1.165) is 11.1 Å². The summed E-state index contributed by atoms with van der Waals surface area (Å²) in [6, 6.07) is 16.5. The number of methoxy groups -OCH3 is 4. The number of carboxylic acids is 1. The maximum atomic E-state index is 13.8. The fourth-order valence-corrected chi connectivity index (χ4v) is 4.23. The largest absolute Gasteiger partial charge is 0.497 e. The first kappa shape index (κ1) is 28.8. The van der Waals surface area contributed by atoms with Crippen molar-refractivity contribution >= 4 is 17.8 Å². The van der Waals surface area contributed by atoms with Crippen molar-refractivity contribution in [2.75, 3.05) is 28.4 Å². The molecule has 39 heavy (non-hydrogen) atoms. The summed E-state index contributed by atoms with van der Waals surface area (Å²) in [5.41, 5.74) is 8.30. The molecule has 10 nitrogen and oxygen atoms in total. The molecule has 0 aromatic heterocycles. The summed E-state index contributed by atoms with van der Waals surface area (Å²) < 4.78 is 21.5. The number of carboxylic acid groups (broad SMARTS) is 1. The third-order valence-corrected chi connectivity index (χ3v) is 6.21. The fraction of sp³-hybridized carbons (Fsp3) is 0.276. The second-order valence-corrected chi connectivity index (χ2v) is 8.63. The van der Waals surface area contributed by atoms with Crippen LogP contribution in [0.15, 0.2) is 60.7 Å². The van der Waals surface area contributed by atoms with Gasteiger partial charge in [0.05, 0.1) is 28.4 Å². The molecule has 0 aliphatic rings. The van der Waals surface area contributed by atoms with Crippen molar-refractivity contribution in [2.45, 2.75) is 25.4 Å². The van der Waals surface area contributed by atoms with Crippen LogP contribution in [0.25, 0.3) is 11.1 Å². The molecule has 0 aliphatic heterocycles. The molecule has 0 saturated carbocycles. The highest BCUT2D eigenvalue weighted by Crippen LogP contribution is 2.38. The minimum Gasteiger partial charge on any atom is -0.497 e. The number of rotatable bonds is 13. The highest BCUT2D eigenvalue weighted by Gasteiger charge is 2.30. The van der Waals surface area contributed by atoms with Crippen molar-refractivity contribution in [1.29, 1.82) is 0 Å². The first-order valence-corrected chi connectivity index (χ1v) is 12.1. The normalized spacial score (nSPS) is 11.3.